The predicted octanol–water partition coefficient (Wildman–Crippen LogP) is 1.45. The molecule has 0 radical (unpaired) electrons. The molecule has 2 rings (SSSR count). The average molecular weight is 221 g/mol. The van der Waals surface area contributed by atoms with Crippen LogP contribution in [0.2, 0.25) is 0 Å². The fourth-order valence-corrected chi connectivity index (χ4v) is 1.91. The van der Waals surface area contributed by atoms with Crippen LogP contribution in [0.25, 0.3) is 0 Å². The minimum atomic E-state index is 0.672. The third kappa shape index (κ3) is 2.85. The van der Waals surface area contributed by atoms with E-state index in [4.69, 9.17) is 10.5 Å². The molecule has 16 heavy (non-hydrogen) atoms. The number of nitrogens with zero attached hydrogens (tertiary/aromatic N) is 2. The highest BCUT2D eigenvalue weighted by Gasteiger charge is 2.10. The molecule has 0 amide bonds. The van der Waals surface area contributed by atoms with E-state index in [-0.39, 0.29) is 0 Å². The van der Waals surface area contributed by atoms with Crippen molar-refractivity contribution >= 4 is 5.69 Å². The van der Waals surface area contributed by atoms with Gasteiger partial charge in [0, 0.05) is 12.6 Å². The van der Waals surface area contributed by atoms with Crippen molar-refractivity contribution in [1.29, 1.82) is 0 Å². The molecule has 1 aromatic rings. The van der Waals surface area contributed by atoms with Gasteiger partial charge in [0.25, 0.3) is 0 Å². The first-order chi connectivity index (χ1) is 7.75. The molecule has 88 valence electrons. The SMILES string of the molecule is Cc1cc(OCCN2CCCC2)ncc1N. The lowest BCUT2D eigenvalue weighted by atomic mass is 10.2. The Morgan fingerprint density at radius 2 is 2.19 bits per heavy atom. The van der Waals surface area contributed by atoms with Crippen molar-refractivity contribution < 1.29 is 4.74 Å². The highest BCUT2D eigenvalue weighted by atomic mass is 16.5. The molecular weight excluding hydrogens is 202 g/mol. The molecule has 1 saturated heterocycles. The third-order valence-electron chi connectivity index (χ3n) is 2.98. The highest BCUT2D eigenvalue weighted by molar-refractivity contribution is 5.45. The smallest absolute Gasteiger partial charge is 0.213 e. The number of ether oxygens (including phenoxy) is 1. The Bertz CT molecular complexity index is 348. The number of aromatic nitrogens is 1. The molecule has 4 nitrogen and oxygen atoms in total. The van der Waals surface area contributed by atoms with Crippen LogP contribution in [0.5, 0.6) is 5.88 Å². The quantitative estimate of drug-likeness (QED) is 0.836. The fourth-order valence-electron chi connectivity index (χ4n) is 1.91. The van der Waals surface area contributed by atoms with Crippen LogP contribution in [0.4, 0.5) is 5.69 Å². The van der Waals surface area contributed by atoms with Crippen LogP contribution >= 0.6 is 0 Å². The number of nitrogens with two attached hydrogens (primary N) is 1. The maximum absolute atomic E-state index is 5.69. The lowest BCUT2D eigenvalue weighted by Crippen LogP contribution is -2.25. The molecule has 0 aliphatic carbocycles. The van der Waals surface area contributed by atoms with Crippen molar-refractivity contribution in [3.8, 4) is 5.88 Å². The highest BCUT2D eigenvalue weighted by Crippen LogP contribution is 2.15. The zero-order valence-electron chi connectivity index (χ0n) is 9.78. The van der Waals surface area contributed by atoms with E-state index < -0.39 is 0 Å². The second kappa shape index (κ2) is 5.16. The van der Waals surface area contributed by atoms with Crippen molar-refractivity contribution in [3.05, 3.63) is 17.8 Å². The van der Waals surface area contributed by atoms with Gasteiger partial charge >= 0.3 is 0 Å². The van der Waals surface area contributed by atoms with Gasteiger partial charge in [-0.05, 0) is 38.4 Å². The van der Waals surface area contributed by atoms with Gasteiger partial charge in [0.15, 0.2) is 0 Å². The van der Waals surface area contributed by atoms with Gasteiger partial charge in [-0.3, -0.25) is 4.90 Å². The molecule has 1 aliphatic rings. The van der Waals surface area contributed by atoms with Crippen molar-refractivity contribution in [2.75, 3.05) is 32.0 Å². The summed E-state index contributed by atoms with van der Waals surface area (Å²) in [6, 6.07) is 1.89. The standard InChI is InChI=1S/C12H19N3O/c1-10-8-12(14-9-11(10)13)16-7-6-15-4-2-3-5-15/h8-9H,2-7,13H2,1H3. The summed E-state index contributed by atoms with van der Waals surface area (Å²) in [6.07, 6.45) is 4.29. The summed E-state index contributed by atoms with van der Waals surface area (Å²) in [5.41, 5.74) is 7.42. The van der Waals surface area contributed by atoms with E-state index in [1.54, 1.807) is 6.20 Å². The number of hydrogen-bond acceptors (Lipinski definition) is 4. The lowest BCUT2D eigenvalue weighted by Gasteiger charge is -2.14. The summed E-state index contributed by atoms with van der Waals surface area (Å²) < 4.78 is 5.60. The minimum absolute atomic E-state index is 0.672. The molecule has 1 fully saturated rings. The van der Waals surface area contributed by atoms with Crippen LogP contribution in [-0.2, 0) is 0 Å². The molecule has 0 saturated carbocycles. The Labute approximate surface area is 96.4 Å². The zero-order valence-corrected chi connectivity index (χ0v) is 9.78. The van der Waals surface area contributed by atoms with Crippen LogP contribution in [0.1, 0.15) is 18.4 Å². The van der Waals surface area contributed by atoms with E-state index >= 15 is 0 Å². The third-order valence-corrected chi connectivity index (χ3v) is 2.98. The Hall–Kier alpha value is -1.29. The summed E-state index contributed by atoms with van der Waals surface area (Å²) in [6.45, 7) is 6.07. The molecule has 2 N–H and O–H groups in total. The largest absolute Gasteiger partial charge is 0.476 e. The van der Waals surface area contributed by atoms with E-state index in [2.05, 4.69) is 9.88 Å². The van der Waals surface area contributed by atoms with E-state index in [9.17, 15) is 0 Å². The molecule has 1 aromatic heterocycles. The van der Waals surface area contributed by atoms with Crippen molar-refractivity contribution in [3.63, 3.8) is 0 Å². The topological polar surface area (TPSA) is 51.4 Å². The molecule has 0 atom stereocenters. The van der Waals surface area contributed by atoms with Crippen molar-refractivity contribution in [1.82, 2.24) is 9.88 Å². The Morgan fingerprint density at radius 1 is 1.44 bits per heavy atom. The Balaban J connectivity index is 1.78. The van der Waals surface area contributed by atoms with Gasteiger partial charge in [0.1, 0.15) is 6.61 Å². The van der Waals surface area contributed by atoms with Gasteiger partial charge in [-0.2, -0.15) is 0 Å². The zero-order chi connectivity index (χ0) is 11.4. The Kier molecular flexibility index (Phi) is 3.62. The van der Waals surface area contributed by atoms with Gasteiger partial charge < -0.3 is 10.5 Å². The molecule has 4 heteroatoms. The maximum Gasteiger partial charge on any atom is 0.213 e. The van der Waals surface area contributed by atoms with Crippen LogP contribution in [-0.4, -0.2) is 36.1 Å². The average Bonchev–Trinajstić information content (AvgIpc) is 2.76. The first-order valence-electron chi connectivity index (χ1n) is 5.83. The first-order valence-corrected chi connectivity index (χ1v) is 5.83. The summed E-state index contributed by atoms with van der Waals surface area (Å²) in [4.78, 5) is 6.56. The fraction of sp³-hybridized carbons (Fsp3) is 0.583. The molecule has 2 heterocycles. The molecule has 1 aliphatic heterocycles. The summed E-state index contributed by atoms with van der Waals surface area (Å²) in [5, 5.41) is 0. The summed E-state index contributed by atoms with van der Waals surface area (Å²) in [5.74, 6) is 0.672. The molecule has 0 aromatic carbocycles. The van der Waals surface area contributed by atoms with Crippen molar-refractivity contribution in [2.45, 2.75) is 19.8 Å². The van der Waals surface area contributed by atoms with E-state index in [0.29, 0.717) is 18.2 Å². The number of pyridine rings is 1. The predicted molar refractivity (Wildman–Crippen MR) is 64.6 cm³/mol. The second-order valence-corrected chi connectivity index (χ2v) is 4.28. The number of nitrogen functional groups attached to an aromatic ring is 1. The Morgan fingerprint density at radius 3 is 2.88 bits per heavy atom. The number of anilines is 1. The number of likely N-dealkylation sites (tertiary alicyclic amines) is 1. The normalized spacial score (nSPS) is 16.6. The van der Waals surface area contributed by atoms with Crippen LogP contribution < -0.4 is 10.5 Å². The maximum atomic E-state index is 5.69. The monoisotopic (exact) mass is 221 g/mol. The van der Waals surface area contributed by atoms with Crippen LogP contribution in [0, 0.1) is 6.92 Å². The lowest BCUT2D eigenvalue weighted by molar-refractivity contribution is 0.232. The van der Waals surface area contributed by atoms with Gasteiger partial charge in [0.05, 0.1) is 11.9 Å². The van der Waals surface area contributed by atoms with E-state index in [0.717, 1.165) is 12.1 Å². The molecular formula is C12H19N3O. The van der Waals surface area contributed by atoms with E-state index in [1.165, 1.54) is 25.9 Å². The van der Waals surface area contributed by atoms with Gasteiger partial charge in [-0.15, -0.1) is 0 Å². The van der Waals surface area contributed by atoms with Crippen LogP contribution in [0.15, 0.2) is 12.3 Å². The minimum Gasteiger partial charge on any atom is -0.476 e. The molecule has 0 bridgehead atoms. The first kappa shape index (κ1) is 11.2. The number of rotatable bonds is 4. The summed E-state index contributed by atoms with van der Waals surface area (Å²) in [7, 11) is 0. The van der Waals surface area contributed by atoms with Gasteiger partial charge in [0.2, 0.25) is 5.88 Å². The van der Waals surface area contributed by atoms with Gasteiger partial charge in [-0.25, -0.2) is 4.98 Å². The van der Waals surface area contributed by atoms with Crippen molar-refractivity contribution in [2.24, 2.45) is 0 Å². The van der Waals surface area contributed by atoms with E-state index in [1.807, 2.05) is 13.0 Å². The molecule has 0 unspecified atom stereocenters. The summed E-state index contributed by atoms with van der Waals surface area (Å²) >= 11 is 0. The number of aryl methyl sites for hydroxylation is 1. The van der Waals surface area contributed by atoms with Crippen LogP contribution in [0.3, 0.4) is 0 Å². The number of hydrogen-bond donors (Lipinski definition) is 1. The molecule has 0 spiro atoms. The van der Waals surface area contributed by atoms with Gasteiger partial charge in [-0.1, -0.05) is 0 Å². The second-order valence-electron chi connectivity index (χ2n) is 4.28.